The van der Waals surface area contributed by atoms with Crippen LogP contribution in [-0.4, -0.2) is 12.8 Å². The highest BCUT2D eigenvalue weighted by molar-refractivity contribution is 9.10. The molecular weight excluding hydrogens is 338 g/mol. The molecule has 22 heavy (non-hydrogen) atoms. The molecule has 114 valence electrons. The van der Waals surface area contributed by atoms with E-state index in [1.165, 1.54) is 32.3 Å². The van der Waals surface area contributed by atoms with Crippen molar-refractivity contribution in [3.8, 4) is 0 Å². The molecule has 0 unspecified atom stereocenters. The zero-order chi connectivity index (χ0) is 15.5. The van der Waals surface area contributed by atoms with E-state index < -0.39 is 0 Å². The topological polar surface area (TPSA) is 21.6 Å². The van der Waals surface area contributed by atoms with Gasteiger partial charge in [-0.2, -0.15) is 0 Å². The average Bonchev–Trinajstić information content (AvgIpc) is 2.50. The Hall–Kier alpha value is -1.61. The van der Waals surface area contributed by atoms with Crippen LogP contribution in [0.15, 0.2) is 46.0 Å². The SMILES string of the molecule is CO/N=C(\C)c1cc2ccc1CCc1ccc(cc1Br)CC2. The number of hydrogen-bond donors (Lipinski definition) is 0. The largest absolute Gasteiger partial charge is 0.399 e. The van der Waals surface area contributed by atoms with Crippen molar-refractivity contribution in [2.24, 2.45) is 5.16 Å². The first-order valence-corrected chi connectivity index (χ1v) is 8.44. The molecule has 0 aromatic heterocycles. The zero-order valence-corrected chi connectivity index (χ0v) is 14.6. The summed E-state index contributed by atoms with van der Waals surface area (Å²) >= 11 is 3.72. The van der Waals surface area contributed by atoms with Crippen molar-refractivity contribution in [2.45, 2.75) is 32.6 Å². The van der Waals surface area contributed by atoms with Gasteiger partial charge in [0, 0.05) is 10.0 Å². The summed E-state index contributed by atoms with van der Waals surface area (Å²) in [5.41, 5.74) is 7.59. The highest BCUT2D eigenvalue weighted by Crippen LogP contribution is 2.24. The van der Waals surface area contributed by atoms with Gasteiger partial charge in [-0.25, -0.2) is 0 Å². The van der Waals surface area contributed by atoms with Crippen LogP contribution in [0, 0.1) is 0 Å². The Bertz CT molecular complexity index is 721. The Labute approximate surface area is 140 Å². The van der Waals surface area contributed by atoms with Gasteiger partial charge in [0.2, 0.25) is 0 Å². The lowest BCUT2D eigenvalue weighted by Gasteiger charge is -2.15. The third-order valence-electron chi connectivity index (χ3n) is 4.28. The first-order chi connectivity index (χ1) is 10.7. The zero-order valence-electron chi connectivity index (χ0n) is 13.0. The summed E-state index contributed by atoms with van der Waals surface area (Å²) in [6, 6.07) is 13.6. The van der Waals surface area contributed by atoms with Crippen LogP contribution in [0.1, 0.15) is 34.7 Å². The van der Waals surface area contributed by atoms with Gasteiger partial charge in [-0.15, -0.1) is 0 Å². The van der Waals surface area contributed by atoms with Crippen LogP contribution >= 0.6 is 15.9 Å². The van der Waals surface area contributed by atoms with E-state index >= 15 is 0 Å². The van der Waals surface area contributed by atoms with Gasteiger partial charge < -0.3 is 4.84 Å². The maximum absolute atomic E-state index is 4.97. The molecule has 0 heterocycles. The van der Waals surface area contributed by atoms with Gasteiger partial charge in [0.25, 0.3) is 0 Å². The number of hydrogen-bond acceptors (Lipinski definition) is 2. The molecule has 0 amide bonds. The van der Waals surface area contributed by atoms with Crippen LogP contribution in [0.5, 0.6) is 0 Å². The predicted octanol–water partition coefficient (Wildman–Crippen LogP) is 4.70. The summed E-state index contributed by atoms with van der Waals surface area (Å²) in [7, 11) is 1.60. The third-order valence-corrected chi connectivity index (χ3v) is 5.01. The fraction of sp³-hybridized carbons (Fsp3) is 0.316. The summed E-state index contributed by atoms with van der Waals surface area (Å²) in [5, 5.41) is 4.13. The molecule has 0 aliphatic heterocycles. The lowest BCUT2D eigenvalue weighted by Crippen LogP contribution is -2.06. The van der Waals surface area contributed by atoms with Gasteiger partial charge in [0.1, 0.15) is 7.11 Å². The fourth-order valence-electron chi connectivity index (χ4n) is 3.03. The summed E-state index contributed by atoms with van der Waals surface area (Å²) < 4.78 is 1.23. The van der Waals surface area contributed by atoms with Crippen molar-refractivity contribution in [3.05, 3.63) is 68.7 Å². The molecule has 0 fully saturated rings. The number of oxime groups is 1. The normalized spacial score (nSPS) is 14.6. The molecule has 3 heteroatoms. The monoisotopic (exact) mass is 357 g/mol. The van der Waals surface area contributed by atoms with Crippen molar-refractivity contribution in [1.29, 1.82) is 0 Å². The molecule has 2 aromatic carbocycles. The summed E-state index contributed by atoms with van der Waals surface area (Å²) in [6.07, 6.45) is 4.12. The maximum atomic E-state index is 4.97. The predicted molar refractivity (Wildman–Crippen MR) is 94.6 cm³/mol. The molecule has 4 bridgehead atoms. The van der Waals surface area contributed by atoms with Crippen LogP contribution in [0.2, 0.25) is 0 Å². The van der Waals surface area contributed by atoms with Crippen LogP contribution in [0.25, 0.3) is 0 Å². The lowest BCUT2D eigenvalue weighted by molar-refractivity contribution is 0.213. The number of aryl methyl sites for hydroxylation is 4. The van der Waals surface area contributed by atoms with Crippen LogP contribution in [0.3, 0.4) is 0 Å². The van der Waals surface area contributed by atoms with Gasteiger partial charge in [0.15, 0.2) is 0 Å². The number of nitrogens with zero attached hydrogens (tertiary/aromatic N) is 1. The molecule has 0 N–H and O–H groups in total. The Morgan fingerprint density at radius 1 is 0.955 bits per heavy atom. The minimum absolute atomic E-state index is 0.948. The minimum Gasteiger partial charge on any atom is -0.399 e. The minimum atomic E-state index is 0.948. The molecule has 0 atom stereocenters. The molecule has 6 rings (SSSR count). The Morgan fingerprint density at radius 2 is 1.59 bits per heavy atom. The van der Waals surface area contributed by atoms with Crippen molar-refractivity contribution < 1.29 is 4.84 Å². The first kappa shape index (κ1) is 15.3. The van der Waals surface area contributed by atoms with Crippen LogP contribution in [-0.2, 0) is 30.5 Å². The second-order valence-corrected chi connectivity index (χ2v) is 6.63. The Morgan fingerprint density at radius 3 is 2.27 bits per heavy atom. The standard InChI is InChI=1S/C19H20BrNO/c1-13(21-22-2)18-11-14-3-4-15-6-8-17(19(20)12-15)10-9-16(18)7-5-14/h5-8,11-12H,3-4,9-10H2,1-2H3/b21-13+. The second kappa shape index (κ2) is 6.66. The molecule has 4 aliphatic rings. The van der Waals surface area contributed by atoms with Crippen LogP contribution in [0.4, 0.5) is 0 Å². The van der Waals surface area contributed by atoms with E-state index in [4.69, 9.17) is 4.84 Å². The van der Waals surface area contributed by atoms with Crippen molar-refractivity contribution >= 4 is 21.6 Å². The maximum Gasteiger partial charge on any atom is 0.106 e. The Balaban J connectivity index is 2.04. The van der Waals surface area contributed by atoms with Crippen molar-refractivity contribution in [3.63, 3.8) is 0 Å². The van der Waals surface area contributed by atoms with Gasteiger partial charge >= 0.3 is 0 Å². The smallest absolute Gasteiger partial charge is 0.106 e. The molecule has 0 radical (unpaired) electrons. The van der Waals surface area contributed by atoms with E-state index in [1.807, 2.05) is 6.92 Å². The third kappa shape index (κ3) is 3.25. The van der Waals surface area contributed by atoms with E-state index in [0.717, 1.165) is 31.4 Å². The molecule has 0 spiro atoms. The second-order valence-electron chi connectivity index (χ2n) is 5.78. The van der Waals surface area contributed by atoms with E-state index in [0.29, 0.717) is 0 Å². The number of rotatable bonds is 2. The van der Waals surface area contributed by atoms with E-state index in [9.17, 15) is 0 Å². The van der Waals surface area contributed by atoms with Gasteiger partial charge in [-0.05, 0) is 67.0 Å². The summed E-state index contributed by atoms with van der Waals surface area (Å²) in [5.74, 6) is 0. The lowest BCUT2D eigenvalue weighted by atomic mass is 9.92. The van der Waals surface area contributed by atoms with E-state index in [2.05, 4.69) is 57.5 Å². The van der Waals surface area contributed by atoms with Crippen LogP contribution < -0.4 is 0 Å². The van der Waals surface area contributed by atoms with Crippen molar-refractivity contribution in [1.82, 2.24) is 0 Å². The fourth-order valence-corrected chi connectivity index (χ4v) is 3.65. The average molecular weight is 358 g/mol. The molecular formula is C19H20BrNO. The van der Waals surface area contributed by atoms with Crippen molar-refractivity contribution in [2.75, 3.05) is 7.11 Å². The number of halogens is 1. The van der Waals surface area contributed by atoms with Gasteiger partial charge in [0.05, 0.1) is 5.71 Å². The number of benzene rings is 2. The Kier molecular flexibility index (Phi) is 4.63. The highest BCUT2D eigenvalue weighted by atomic mass is 79.9. The molecule has 2 aromatic rings. The molecule has 4 aliphatic carbocycles. The van der Waals surface area contributed by atoms with E-state index in [1.54, 1.807) is 7.11 Å². The van der Waals surface area contributed by atoms with Gasteiger partial charge in [-0.1, -0.05) is 45.4 Å². The highest BCUT2D eigenvalue weighted by Gasteiger charge is 2.11. The molecule has 0 saturated heterocycles. The van der Waals surface area contributed by atoms with Gasteiger partial charge in [-0.3, -0.25) is 0 Å². The first-order valence-electron chi connectivity index (χ1n) is 7.64. The quantitative estimate of drug-likeness (QED) is 0.563. The molecule has 2 nitrogen and oxygen atoms in total. The summed E-state index contributed by atoms with van der Waals surface area (Å²) in [6.45, 7) is 2.02. The summed E-state index contributed by atoms with van der Waals surface area (Å²) in [4.78, 5) is 4.97. The molecule has 0 saturated carbocycles. The van der Waals surface area contributed by atoms with E-state index in [-0.39, 0.29) is 0 Å².